The van der Waals surface area contributed by atoms with Crippen LogP contribution in [0.1, 0.15) is 31.4 Å². The number of hydrogen-bond acceptors (Lipinski definition) is 2. The van der Waals surface area contributed by atoms with Gasteiger partial charge in [-0.15, -0.1) is 0 Å². The van der Waals surface area contributed by atoms with Gasteiger partial charge in [0.1, 0.15) is 11.9 Å². The number of rotatable bonds is 8. The highest BCUT2D eigenvalue weighted by atomic mass is 19.1. The first kappa shape index (κ1) is 19.6. The molecule has 5 heteroatoms. The van der Waals surface area contributed by atoms with Gasteiger partial charge in [-0.2, -0.15) is 0 Å². The summed E-state index contributed by atoms with van der Waals surface area (Å²) in [5.74, 6) is -0.626. The normalized spacial score (nSPS) is 11.7. The summed E-state index contributed by atoms with van der Waals surface area (Å²) in [6, 6.07) is 15.3. The molecule has 0 fully saturated rings. The number of amides is 2. The van der Waals surface area contributed by atoms with E-state index in [0.29, 0.717) is 13.0 Å². The van der Waals surface area contributed by atoms with E-state index in [1.54, 1.807) is 26.0 Å². The number of halogens is 1. The molecule has 0 aliphatic heterocycles. The molecule has 138 valence electrons. The van der Waals surface area contributed by atoms with Crippen LogP contribution < -0.4 is 5.32 Å². The molecule has 1 atom stereocenters. The van der Waals surface area contributed by atoms with E-state index in [0.717, 1.165) is 17.5 Å². The fraction of sp³-hybridized carbons (Fsp3) is 0.333. The highest BCUT2D eigenvalue weighted by molar-refractivity contribution is 5.87. The van der Waals surface area contributed by atoms with Gasteiger partial charge < -0.3 is 10.2 Å². The summed E-state index contributed by atoms with van der Waals surface area (Å²) in [4.78, 5) is 26.3. The topological polar surface area (TPSA) is 49.4 Å². The van der Waals surface area contributed by atoms with Crippen LogP contribution >= 0.6 is 0 Å². The van der Waals surface area contributed by atoms with E-state index in [1.165, 1.54) is 17.0 Å². The Labute approximate surface area is 154 Å². The summed E-state index contributed by atoms with van der Waals surface area (Å²) in [6.45, 7) is 4.27. The minimum absolute atomic E-state index is 0.111. The molecule has 0 aromatic heterocycles. The fourth-order valence-electron chi connectivity index (χ4n) is 2.69. The van der Waals surface area contributed by atoms with Crippen molar-refractivity contribution < 1.29 is 14.0 Å². The van der Waals surface area contributed by atoms with Crippen molar-refractivity contribution in [1.29, 1.82) is 0 Å². The largest absolute Gasteiger partial charge is 0.354 e. The molecule has 0 saturated carbocycles. The van der Waals surface area contributed by atoms with Gasteiger partial charge in [0, 0.05) is 19.5 Å². The molecule has 0 spiro atoms. The summed E-state index contributed by atoms with van der Waals surface area (Å²) in [5.41, 5.74) is 1.94. The lowest BCUT2D eigenvalue weighted by atomic mass is 10.1. The highest BCUT2D eigenvalue weighted by Crippen LogP contribution is 2.12. The van der Waals surface area contributed by atoms with Crippen molar-refractivity contribution >= 4 is 11.8 Å². The number of hydrogen-bond donors (Lipinski definition) is 1. The van der Waals surface area contributed by atoms with Gasteiger partial charge in [-0.1, -0.05) is 49.4 Å². The second-order valence-corrected chi connectivity index (χ2v) is 6.20. The Morgan fingerprint density at radius 3 is 2.31 bits per heavy atom. The average Bonchev–Trinajstić information content (AvgIpc) is 2.67. The molecule has 0 heterocycles. The van der Waals surface area contributed by atoms with Gasteiger partial charge in [-0.3, -0.25) is 9.59 Å². The van der Waals surface area contributed by atoms with E-state index in [9.17, 15) is 14.0 Å². The maximum absolute atomic E-state index is 13.1. The molecular formula is C21H25FN2O2. The summed E-state index contributed by atoms with van der Waals surface area (Å²) < 4.78 is 13.1. The van der Waals surface area contributed by atoms with E-state index in [4.69, 9.17) is 0 Å². The molecule has 2 aromatic carbocycles. The first-order valence-corrected chi connectivity index (χ1v) is 8.86. The van der Waals surface area contributed by atoms with Gasteiger partial charge >= 0.3 is 0 Å². The van der Waals surface area contributed by atoms with Crippen molar-refractivity contribution in [3.8, 4) is 0 Å². The monoisotopic (exact) mass is 356 g/mol. The minimum atomic E-state index is -0.594. The van der Waals surface area contributed by atoms with Crippen LogP contribution in [0.2, 0.25) is 0 Å². The van der Waals surface area contributed by atoms with Gasteiger partial charge in [0.15, 0.2) is 0 Å². The first-order chi connectivity index (χ1) is 12.5. The van der Waals surface area contributed by atoms with Crippen molar-refractivity contribution in [2.24, 2.45) is 0 Å². The van der Waals surface area contributed by atoms with Gasteiger partial charge in [0.2, 0.25) is 11.8 Å². The van der Waals surface area contributed by atoms with Gasteiger partial charge in [-0.05, 0) is 36.6 Å². The van der Waals surface area contributed by atoms with Gasteiger partial charge in [0.25, 0.3) is 0 Å². The second kappa shape index (κ2) is 9.70. The van der Waals surface area contributed by atoms with Crippen LogP contribution in [-0.2, 0) is 22.6 Å². The highest BCUT2D eigenvalue weighted by Gasteiger charge is 2.24. The Balaban J connectivity index is 1.96. The molecule has 26 heavy (non-hydrogen) atoms. The van der Waals surface area contributed by atoms with E-state index >= 15 is 0 Å². The Bertz CT molecular complexity index is 717. The molecule has 0 unspecified atom stereocenters. The van der Waals surface area contributed by atoms with Gasteiger partial charge in [-0.25, -0.2) is 4.39 Å². The molecule has 2 aromatic rings. The summed E-state index contributed by atoms with van der Waals surface area (Å²) in [7, 11) is 0. The number of nitrogens with zero attached hydrogens (tertiary/aromatic N) is 1. The number of nitrogens with one attached hydrogen (secondary N) is 1. The van der Waals surface area contributed by atoms with Crippen molar-refractivity contribution in [3.63, 3.8) is 0 Å². The van der Waals surface area contributed by atoms with E-state index < -0.39 is 6.04 Å². The quantitative estimate of drug-likeness (QED) is 0.789. The van der Waals surface area contributed by atoms with Crippen LogP contribution in [-0.4, -0.2) is 29.3 Å². The van der Waals surface area contributed by atoms with Crippen LogP contribution in [0.15, 0.2) is 54.6 Å². The third-order valence-corrected chi connectivity index (χ3v) is 4.29. The Morgan fingerprint density at radius 1 is 1.04 bits per heavy atom. The molecular weight excluding hydrogens is 331 g/mol. The van der Waals surface area contributed by atoms with E-state index in [-0.39, 0.29) is 24.2 Å². The SMILES string of the molecule is CCC(=O)N(Cc1ccc(F)cc1)[C@@H](C)C(=O)NCCc1ccccc1. The lowest BCUT2D eigenvalue weighted by Gasteiger charge is -2.28. The van der Waals surface area contributed by atoms with Crippen molar-refractivity contribution in [1.82, 2.24) is 10.2 Å². The van der Waals surface area contributed by atoms with Crippen molar-refractivity contribution in [2.75, 3.05) is 6.54 Å². The zero-order valence-electron chi connectivity index (χ0n) is 15.2. The van der Waals surface area contributed by atoms with E-state index in [1.807, 2.05) is 30.3 Å². The smallest absolute Gasteiger partial charge is 0.242 e. The minimum Gasteiger partial charge on any atom is -0.354 e. The lowest BCUT2D eigenvalue weighted by molar-refractivity contribution is -0.140. The second-order valence-electron chi connectivity index (χ2n) is 6.20. The number of carbonyl (C=O) groups excluding carboxylic acids is 2. The summed E-state index contributed by atoms with van der Waals surface area (Å²) in [6.07, 6.45) is 1.04. The van der Waals surface area contributed by atoms with Crippen LogP contribution in [0.5, 0.6) is 0 Å². The molecule has 0 saturated heterocycles. The standard InChI is InChI=1S/C21H25FN2O2/c1-3-20(25)24(15-18-9-11-19(22)12-10-18)16(2)21(26)23-14-13-17-7-5-4-6-8-17/h4-12,16H,3,13-15H2,1-2H3,(H,23,26)/t16-/m0/s1. The van der Waals surface area contributed by atoms with Crippen LogP contribution in [0, 0.1) is 5.82 Å². The van der Waals surface area contributed by atoms with Crippen LogP contribution in [0.25, 0.3) is 0 Å². The molecule has 2 amide bonds. The summed E-state index contributed by atoms with van der Waals surface area (Å²) >= 11 is 0. The summed E-state index contributed by atoms with van der Waals surface area (Å²) in [5, 5.41) is 2.89. The molecule has 1 N–H and O–H groups in total. The number of carbonyl (C=O) groups is 2. The number of benzene rings is 2. The van der Waals surface area contributed by atoms with E-state index in [2.05, 4.69) is 5.32 Å². The van der Waals surface area contributed by atoms with Crippen molar-refractivity contribution in [2.45, 2.75) is 39.3 Å². The zero-order chi connectivity index (χ0) is 18.9. The Hall–Kier alpha value is -2.69. The predicted molar refractivity (Wildman–Crippen MR) is 99.9 cm³/mol. The fourth-order valence-corrected chi connectivity index (χ4v) is 2.69. The Kier molecular flexibility index (Phi) is 7.33. The average molecular weight is 356 g/mol. The van der Waals surface area contributed by atoms with Crippen LogP contribution in [0.3, 0.4) is 0 Å². The molecule has 4 nitrogen and oxygen atoms in total. The maximum Gasteiger partial charge on any atom is 0.242 e. The maximum atomic E-state index is 13.1. The predicted octanol–water partition coefficient (Wildman–Crippen LogP) is 3.31. The molecule has 0 aliphatic rings. The third kappa shape index (κ3) is 5.69. The molecule has 2 rings (SSSR count). The van der Waals surface area contributed by atoms with Gasteiger partial charge in [0.05, 0.1) is 0 Å². The van der Waals surface area contributed by atoms with Crippen LogP contribution in [0.4, 0.5) is 4.39 Å². The third-order valence-electron chi connectivity index (χ3n) is 4.29. The zero-order valence-corrected chi connectivity index (χ0v) is 15.2. The lowest BCUT2D eigenvalue weighted by Crippen LogP contribution is -2.47. The Morgan fingerprint density at radius 2 is 1.69 bits per heavy atom. The molecule has 0 aliphatic carbocycles. The first-order valence-electron chi connectivity index (χ1n) is 8.86. The molecule has 0 radical (unpaired) electrons. The van der Waals surface area contributed by atoms with Crippen molar-refractivity contribution in [3.05, 3.63) is 71.5 Å². The molecule has 0 bridgehead atoms.